The largest absolute Gasteiger partial charge is 0.507 e. The van der Waals surface area contributed by atoms with Crippen molar-refractivity contribution in [2.24, 2.45) is 0 Å². The molecule has 24 heavy (non-hydrogen) atoms. The summed E-state index contributed by atoms with van der Waals surface area (Å²) in [5, 5.41) is 17.0. The third kappa shape index (κ3) is 3.41. The highest BCUT2D eigenvalue weighted by molar-refractivity contribution is 6.03. The Morgan fingerprint density at radius 2 is 1.71 bits per heavy atom. The van der Waals surface area contributed by atoms with E-state index < -0.39 is 0 Å². The molecule has 3 N–H and O–H groups in total. The summed E-state index contributed by atoms with van der Waals surface area (Å²) in [4.78, 5) is 12.1. The number of fused-ring (bicyclic) bond motifs is 1. The van der Waals surface area contributed by atoms with Crippen molar-refractivity contribution in [3.8, 4) is 11.5 Å². The first-order chi connectivity index (χ1) is 11.7. The molecule has 2 amide bonds. The van der Waals surface area contributed by atoms with Gasteiger partial charge in [-0.15, -0.1) is 0 Å². The van der Waals surface area contributed by atoms with Crippen LogP contribution in [0.5, 0.6) is 11.5 Å². The zero-order valence-electron chi connectivity index (χ0n) is 13.2. The summed E-state index contributed by atoms with van der Waals surface area (Å²) in [5.74, 6) is 0.966. The minimum atomic E-state index is -0.304. The topological polar surface area (TPSA) is 70.6 Å². The first kappa shape index (κ1) is 15.7. The number of carbonyl (C=O) groups is 1. The van der Waals surface area contributed by atoms with Gasteiger partial charge in [0.05, 0.1) is 12.8 Å². The van der Waals surface area contributed by atoms with Gasteiger partial charge in [-0.1, -0.05) is 36.4 Å². The highest BCUT2D eigenvalue weighted by Gasteiger charge is 2.07. The molecule has 5 nitrogen and oxygen atoms in total. The molecule has 0 saturated heterocycles. The van der Waals surface area contributed by atoms with Gasteiger partial charge in [-0.25, -0.2) is 4.79 Å². The van der Waals surface area contributed by atoms with E-state index in [4.69, 9.17) is 4.74 Å². The van der Waals surface area contributed by atoms with E-state index in [9.17, 15) is 9.90 Å². The number of benzene rings is 3. The highest BCUT2D eigenvalue weighted by Crippen LogP contribution is 2.29. The van der Waals surface area contributed by atoms with E-state index in [-0.39, 0.29) is 11.8 Å². The van der Waals surface area contributed by atoms with Crippen LogP contribution in [0.1, 0.15) is 5.56 Å². The fraction of sp³-hybridized carbons (Fsp3) is 0.105. The predicted molar refractivity (Wildman–Crippen MR) is 94.5 cm³/mol. The van der Waals surface area contributed by atoms with Crippen LogP contribution >= 0.6 is 0 Å². The Morgan fingerprint density at radius 3 is 2.46 bits per heavy atom. The molecule has 0 saturated carbocycles. The molecule has 3 aromatic rings. The van der Waals surface area contributed by atoms with Crippen molar-refractivity contribution in [1.29, 1.82) is 0 Å². The molecule has 122 valence electrons. The number of carbonyl (C=O) groups excluding carboxylic acids is 1. The number of amides is 2. The van der Waals surface area contributed by atoms with E-state index in [1.54, 1.807) is 31.4 Å². The van der Waals surface area contributed by atoms with E-state index in [0.29, 0.717) is 17.6 Å². The van der Waals surface area contributed by atoms with E-state index in [1.165, 1.54) is 0 Å². The smallest absolute Gasteiger partial charge is 0.319 e. The van der Waals surface area contributed by atoms with Gasteiger partial charge < -0.3 is 20.5 Å². The number of methoxy groups -OCH3 is 1. The van der Waals surface area contributed by atoms with Gasteiger partial charge in [-0.05, 0) is 29.8 Å². The minimum Gasteiger partial charge on any atom is -0.507 e. The van der Waals surface area contributed by atoms with E-state index in [1.807, 2.05) is 36.4 Å². The second-order valence-corrected chi connectivity index (χ2v) is 5.33. The SMILES string of the molecule is COc1ccc(CNC(=O)Nc2cccc3c(O)cccc23)cc1. The van der Waals surface area contributed by atoms with E-state index >= 15 is 0 Å². The number of hydrogen-bond acceptors (Lipinski definition) is 3. The molecule has 0 heterocycles. The molecule has 0 fully saturated rings. The van der Waals surface area contributed by atoms with Crippen LogP contribution in [0.2, 0.25) is 0 Å². The van der Waals surface area contributed by atoms with Crippen molar-refractivity contribution in [2.75, 3.05) is 12.4 Å². The number of nitrogens with one attached hydrogen (secondary N) is 2. The molecular formula is C19H18N2O3. The van der Waals surface area contributed by atoms with Gasteiger partial charge in [-0.2, -0.15) is 0 Å². The molecule has 3 aromatic carbocycles. The molecule has 5 heteroatoms. The van der Waals surface area contributed by atoms with Crippen molar-refractivity contribution in [2.45, 2.75) is 6.54 Å². The maximum atomic E-state index is 12.1. The quantitative estimate of drug-likeness (QED) is 0.683. The Labute approximate surface area is 139 Å². The lowest BCUT2D eigenvalue weighted by molar-refractivity contribution is 0.252. The van der Waals surface area contributed by atoms with E-state index in [2.05, 4.69) is 10.6 Å². The number of rotatable bonds is 4. The summed E-state index contributed by atoms with van der Waals surface area (Å²) in [6, 6.07) is 17.8. The van der Waals surface area contributed by atoms with Crippen LogP contribution in [-0.2, 0) is 6.54 Å². The van der Waals surface area contributed by atoms with Gasteiger partial charge in [0.15, 0.2) is 0 Å². The third-order valence-corrected chi connectivity index (χ3v) is 3.76. The number of urea groups is 1. The van der Waals surface area contributed by atoms with Crippen LogP contribution in [0.4, 0.5) is 10.5 Å². The molecule has 0 bridgehead atoms. The average Bonchev–Trinajstić information content (AvgIpc) is 2.61. The lowest BCUT2D eigenvalue weighted by atomic mass is 10.1. The fourth-order valence-electron chi connectivity index (χ4n) is 2.49. The maximum Gasteiger partial charge on any atom is 0.319 e. The lowest BCUT2D eigenvalue weighted by Gasteiger charge is -2.11. The third-order valence-electron chi connectivity index (χ3n) is 3.76. The van der Waals surface area contributed by atoms with Crippen LogP contribution in [0, 0.1) is 0 Å². The molecule has 0 radical (unpaired) electrons. The van der Waals surface area contributed by atoms with Gasteiger partial charge in [0, 0.05) is 17.3 Å². The number of aromatic hydroxyl groups is 1. The Balaban J connectivity index is 1.67. The molecule has 0 aliphatic carbocycles. The van der Waals surface area contributed by atoms with Crippen LogP contribution in [0.3, 0.4) is 0 Å². The molecule has 0 unspecified atom stereocenters. The Morgan fingerprint density at radius 1 is 1.00 bits per heavy atom. The summed E-state index contributed by atoms with van der Waals surface area (Å²) < 4.78 is 5.10. The number of anilines is 1. The van der Waals surface area contributed by atoms with Gasteiger partial charge in [0.2, 0.25) is 0 Å². The summed E-state index contributed by atoms with van der Waals surface area (Å²) in [6.07, 6.45) is 0. The van der Waals surface area contributed by atoms with Crippen molar-refractivity contribution in [3.63, 3.8) is 0 Å². The summed E-state index contributed by atoms with van der Waals surface area (Å²) >= 11 is 0. The van der Waals surface area contributed by atoms with Crippen molar-refractivity contribution < 1.29 is 14.6 Å². The summed E-state index contributed by atoms with van der Waals surface area (Å²) in [7, 11) is 1.61. The molecular weight excluding hydrogens is 304 g/mol. The standard InChI is InChI=1S/C19H18N2O3/c1-24-14-10-8-13(9-11-14)12-20-19(23)21-17-6-2-5-16-15(17)4-3-7-18(16)22/h2-11,22H,12H2,1H3,(H2,20,21,23). The number of ether oxygens (including phenoxy) is 1. The normalized spacial score (nSPS) is 10.4. The molecule has 0 aliphatic rings. The lowest BCUT2D eigenvalue weighted by Crippen LogP contribution is -2.28. The van der Waals surface area contributed by atoms with Gasteiger partial charge in [0.1, 0.15) is 11.5 Å². The average molecular weight is 322 g/mol. The van der Waals surface area contributed by atoms with Gasteiger partial charge in [0.25, 0.3) is 0 Å². The first-order valence-electron chi connectivity index (χ1n) is 7.56. The van der Waals surface area contributed by atoms with Crippen LogP contribution in [0.15, 0.2) is 60.7 Å². The zero-order chi connectivity index (χ0) is 16.9. The van der Waals surface area contributed by atoms with Crippen molar-refractivity contribution in [3.05, 3.63) is 66.2 Å². The monoisotopic (exact) mass is 322 g/mol. The maximum absolute atomic E-state index is 12.1. The molecule has 0 aliphatic heterocycles. The molecule has 0 spiro atoms. The minimum absolute atomic E-state index is 0.190. The molecule has 0 aromatic heterocycles. The van der Waals surface area contributed by atoms with Crippen LogP contribution < -0.4 is 15.4 Å². The highest BCUT2D eigenvalue weighted by atomic mass is 16.5. The van der Waals surface area contributed by atoms with Crippen LogP contribution in [0.25, 0.3) is 10.8 Å². The van der Waals surface area contributed by atoms with Crippen LogP contribution in [-0.4, -0.2) is 18.2 Å². The number of phenolic OH excluding ortho intramolecular Hbond substituents is 1. The Hall–Kier alpha value is -3.21. The Bertz CT molecular complexity index is 860. The summed E-state index contributed by atoms with van der Waals surface area (Å²) in [5.41, 5.74) is 1.62. The first-order valence-corrected chi connectivity index (χ1v) is 7.56. The predicted octanol–water partition coefficient (Wildman–Crippen LogP) is 3.88. The second kappa shape index (κ2) is 6.91. The van der Waals surface area contributed by atoms with E-state index in [0.717, 1.165) is 16.7 Å². The fourth-order valence-corrected chi connectivity index (χ4v) is 2.49. The Kier molecular flexibility index (Phi) is 4.52. The molecule has 3 rings (SSSR count). The van der Waals surface area contributed by atoms with Gasteiger partial charge in [-0.3, -0.25) is 0 Å². The summed E-state index contributed by atoms with van der Waals surface area (Å²) in [6.45, 7) is 0.409. The van der Waals surface area contributed by atoms with Crippen molar-refractivity contribution in [1.82, 2.24) is 5.32 Å². The van der Waals surface area contributed by atoms with Gasteiger partial charge >= 0.3 is 6.03 Å². The number of hydrogen-bond donors (Lipinski definition) is 3. The van der Waals surface area contributed by atoms with Crippen molar-refractivity contribution >= 4 is 22.5 Å². The molecule has 0 atom stereocenters. The zero-order valence-corrected chi connectivity index (χ0v) is 13.2. The number of phenols is 1. The second-order valence-electron chi connectivity index (χ2n) is 5.33.